The van der Waals surface area contributed by atoms with Gasteiger partial charge in [-0.3, -0.25) is 43.3 Å². The number of nitrogens with one attached hydrogen (secondary N) is 6. The van der Waals surface area contributed by atoms with Crippen molar-refractivity contribution in [2.24, 2.45) is 16.5 Å². The van der Waals surface area contributed by atoms with E-state index in [0.29, 0.717) is 36.0 Å². The van der Waals surface area contributed by atoms with E-state index in [0.717, 1.165) is 0 Å². The van der Waals surface area contributed by atoms with Crippen molar-refractivity contribution in [3.8, 4) is 0 Å². The Hall–Kier alpha value is -7.35. The minimum atomic E-state index is -1.63. The van der Waals surface area contributed by atoms with Crippen molar-refractivity contribution in [3.05, 3.63) is 108 Å². The molecule has 3 saturated heterocycles. The van der Waals surface area contributed by atoms with E-state index in [1.807, 2.05) is 0 Å². The van der Waals surface area contributed by atoms with Gasteiger partial charge in [0.1, 0.15) is 48.3 Å². The summed E-state index contributed by atoms with van der Waals surface area (Å²) < 4.78 is 0. The predicted molar refractivity (Wildman–Crippen MR) is 259 cm³/mol. The number of guanidine groups is 1. The molecule has 374 valence electrons. The SMILES string of the molecule is C[C@@H]1NC(=O)[C@H]([C@@H](C)O)NC(=O)[C@H](Cc2ccccc2)NC(=O)[C@H](Cc2ccccc2)NC(=O)[C@H](CCCN=C(N)N)NC(=O)[C@@H]2CCCN2C(=O)[C@H]2CCCN2C(=O)[C@H](Cc2ccccc2)NC1=O. The molecule has 20 heteroatoms. The van der Waals surface area contributed by atoms with Gasteiger partial charge < -0.3 is 58.3 Å². The highest BCUT2D eigenvalue weighted by Crippen LogP contribution is 2.26. The van der Waals surface area contributed by atoms with Gasteiger partial charge in [0, 0.05) is 38.9 Å². The number of hydrogen-bond donors (Lipinski definition) is 9. The number of fused-ring (bicyclic) bond motifs is 2. The summed E-state index contributed by atoms with van der Waals surface area (Å²) in [5.41, 5.74) is 13.1. The van der Waals surface area contributed by atoms with E-state index in [9.17, 15) is 43.5 Å². The molecule has 3 aliphatic heterocycles. The number of rotatable bonds is 11. The smallest absolute Gasteiger partial charge is 0.246 e. The molecule has 20 nitrogen and oxygen atoms in total. The maximum Gasteiger partial charge on any atom is 0.246 e. The van der Waals surface area contributed by atoms with Gasteiger partial charge in [0.2, 0.25) is 47.3 Å². The lowest BCUT2D eigenvalue weighted by Gasteiger charge is -2.34. The van der Waals surface area contributed by atoms with Crippen LogP contribution in [0.3, 0.4) is 0 Å². The van der Waals surface area contributed by atoms with Crippen LogP contribution in [0.1, 0.15) is 69.1 Å². The number of aliphatic hydroxyl groups excluding tert-OH is 1. The molecule has 3 aromatic carbocycles. The average Bonchev–Trinajstić information content (AvgIpc) is 4.05. The minimum Gasteiger partial charge on any atom is -0.391 e. The Bertz CT molecular complexity index is 2350. The molecule has 6 rings (SSSR count). The van der Waals surface area contributed by atoms with Gasteiger partial charge in [-0.2, -0.15) is 0 Å². The molecule has 70 heavy (non-hydrogen) atoms. The highest BCUT2D eigenvalue weighted by Gasteiger charge is 2.45. The van der Waals surface area contributed by atoms with Crippen LogP contribution in [0.4, 0.5) is 0 Å². The summed E-state index contributed by atoms with van der Waals surface area (Å²) in [5.74, 6) is -5.81. The zero-order valence-electron chi connectivity index (χ0n) is 39.6. The molecule has 0 aromatic heterocycles. The maximum atomic E-state index is 14.6. The number of benzene rings is 3. The molecule has 9 atom stereocenters. The number of aliphatic imine (C=N–C) groups is 1. The quantitative estimate of drug-likeness (QED) is 0.0643. The Morgan fingerprint density at radius 3 is 1.53 bits per heavy atom. The molecule has 11 N–H and O–H groups in total. The van der Waals surface area contributed by atoms with Gasteiger partial charge in [-0.05, 0) is 69.1 Å². The van der Waals surface area contributed by atoms with Crippen LogP contribution in [-0.2, 0) is 57.6 Å². The second-order valence-electron chi connectivity index (χ2n) is 18.1. The van der Waals surface area contributed by atoms with Crippen LogP contribution in [0.15, 0.2) is 96.0 Å². The standard InChI is InChI=1S/C50H65N11O9/c1-30-42(63)58-38(29-34-19-10-5-11-20-34)48(69)61-26-14-23-40(61)49(70)60-25-13-22-39(60)46(67)55-35(21-12-24-53-50(51)52)43(64)56-36(27-32-15-6-3-7-16-32)44(65)57-37(28-33-17-8-4-9-18-33)45(66)59-41(31(2)62)47(68)54-30/h3-11,15-20,30-31,35-41,62H,12-14,21-29H2,1-2H3,(H,54,68)(H,55,67)(H,56,64)(H,57,65)(H,58,63)(H,59,66)(H4,51,52,53)/t30-,31+,35-,36-,37-,38-,39-,40+,41-/m0/s1. The van der Waals surface area contributed by atoms with E-state index < -0.39 is 102 Å². The van der Waals surface area contributed by atoms with Crippen molar-refractivity contribution in [1.29, 1.82) is 0 Å². The first-order valence-electron chi connectivity index (χ1n) is 23.9. The fourth-order valence-corrected chi connectivity index (χ4v) is 9.06. The summed E-state index contributed by atoms with van der Waals surface area (Å²) >= 11 is 0. The molecule has 0 aliphatic carbocycles. The van der Waals surface area contributed by atoms with Gasteiger partial charge in [0.25, 0.3) is 0 Å². The van der Waals surface area contributed by atoms with Crippen LogP contribution in [0, 0.1) is 0 Å². The lowest BCUT2D eigenvalue weighted by molar-refractivity contribution is -0.148. The highest BCUT2D eigenvalue weighted by molar-refractivity contribution is 5.99. The van der Waals surface area contributed by atoms with E-state index in [-0.39, 0.29) is 64.1 Å². The second-order valence-corrected chi connectivity index (χ2v) is 18.1. The Morgan fingerprint density at radius 1 is 0.571 bits per heavy atom. The van der Waals surface area contributed by atoms with Crippen LogP contribution < -0.4 is 43.4 Å². The number of nitrogens with zero attached hydrogens (tertiary/aromatic N) is 3. The highest BCUT2D eigenvalue weighted by atomic mass is 16.3. The van der Waals surface area contributed by atoms with Gasteiger partial charge in [0.15, 0.2) is 5.96 Å². The molecule has 3 fully saturated rings. The van der Waals surface area contributed by atoms with Crippen LogP contribution in [0.2, 0.25) is 0 Å². The molecule has 0 bridgehead atoms. The molecular formula is C50H65N11O9. The fourth-order valence-electron chi connectivity index (χ4n) is 9.06. The van der Waals surface area contributed by atoms with Crippen molar-refractivity contribution in [2.75, 3.05) is 19.6 Å². The largest absolute Gasteiger partial charge is 0.391 e. The second kappa shape index (κ2) is 24.8. The first kappa shape index (κ1) is 52.0. The molecular weight excluding hydrogens is 899 g/mol. The first-order chi connectivity index (χ1) is 33.6. The van der Waals surface area contributed by atoms with Crippen molar-refractivity contribution in [2.45, 2.75) is 126 Å². The van der Waals surface area contributed by atoms with Crippen molar-refractivity contribution in [1.82, 2.24) is 41.7 Å². The van der Waals surface area contributed by atoms with Gasteiger partial charge in [-0.25, -0.2) is 0 Å². The number of nitrogens with two attached hydrogens (primary N) is 2. The van der Waals surface area contributed by atoms with E-state index in [2.05, 4.69) is 36.9 Å². The number of carbonyl (C=O) groups is 8. The monoisotopic (exact) mass is 963 g/mol. The molecule has 8 amide bonds. The van der Waals surface area contributed by atoms with Crippen molar-refractivity contribution in [3.63, 3.8) is 0 Å². The Labute approximate surface area is 407 Å². The topological polar surface area (TPSA) is 300 Å². The fraction of sp³-hybridized carbons (Fsp3) is 0.460. The van der Waals surface area contributed by atoms with E-state index in [1.54, 1.807) is 91.0 Å². The van der Waals surface area contributed by atoms with Gasteiger partial charge in [-0.1, -0.05) is 91.0 Å². The average molecular weight is 964 g/mol. The molecule has 3 aliphatic rings. The van der Waals surface area contributed by atoms with Crippen molar-refractivity contribution < 1.29 is 43.5 Å². The number of amides is 8. The van der Waals surface area contributed by atoms with Gasteiger partial charge >= 0.3 is 0 Å². The minimum absolute atomic E-state index is 0.0224. The predicted octanol–water partition coefficient (Wildman–Crippen LogP) is -0.927. The molecule has 3 aromatic rings. The van der Waals surface area contributed by atoms with Gasteiger partial charge in [0.05, 0.1) is 6.10 Å². The third kappa shape index (κ3) is 14.1. The molecule has 0 spiro atoms. The summed E-state index contributed by atoms with van der Waals surface area (Å²) in [7, 11) is 0. The summed E-state index contributed by atoms with van der Waals surface area (Å²) in [6, 6.07) is 16.5. The van der Waals surface area contributed by atoms with E-state index in [1.165, 1.54) is 23.6 Å². The lowest BCUT2D eigenvalue weighted by atomic mass is 10.0. The van der Waals surface area contributed by atoms with E-state index in [4.69, 9.17) is 11.5 Å². The van der Waals surface area contributed by atoms with E-state index >= 15 is 0 Å². The van der Waals surface area contributed by atoms with Crippen molar-refractivity contribution >= 4 is 53.2 Å². The number of carbonyl (C=O) groups excluding carboxylic acids is 8. The molecule has 0 saturated carbocycles. The summed E-state index contributed by atoms with van der Waals surface area (Å²) in [6.45, 7) is 3.19. The normalized spacial score (nSPS) is 26.0. The molecule has 0 unspecified atom stereocenters. The third-order valence-electron chi connectivity index (χ3n) is 12.8. The summed E-state index contributed by atoms with van der Waals surface area (Å²) in [4.78, 5) is 122. The number of aliphatic hydroxyl groups is 1. The summed E-state index contributed by atoms with van der Waals surface area (Å²) in [5, 5.41) is 27.2. The Balaban J connectivity index is 1.38. The molecule has 3 heterocycles. The zero-order chi connectivity index (χ0) is 50.3. The van der Waals surface area contributed by atoms with Crippen LogP contribution in [-0.4, -0.2) is 142 Å². The Kier molecular flexibility index (Phi) is 18.4. The lowest BCUT2D eigenvalue weighted by Crippen LogP contribution is -2.62. The Morgan fingerprint density at radius 2 is 1.01 bits per heavy atom. The van der Waals surface area contributed by atoms with Crippen LogP contribution in [0.25, 0.3) is 0 Å². The number of hydrogen-bond acceptors (Lipinski definition) is 10. The maximum absolute atomic E-state index is 14.6. The first-order valence-corrected chi connectivity index (χ1v) is 23.9. The third-order valence-corrected chi connectivity index (χ3v) is 12.8. The van der Waals surface area contributed by atoms with Gasteiger partial charge in [-0.15, -0.1) is 0 Å². The summed E-state index contributed by atoms with van der Waals surface area (Å²) in [6.07, 6.45) is 0.188. The molecule has 0 radical (unpaired) electrons. The van der Waals surface area contributed by atoms with Crippen LogP contribution in [0.5, 0.6) is 0 Å². The van der Waals surface area contributed by atoms with Crippen LogP contribution >= 0.6 is 0 Å². The zero-order valence-corrected chi connectivity index (χ0v) is 39.6.